The Morgan fingerprint density at radius 3 is 2.37 bits per heavy atom. The molecule has 0 aromatic rings. The Hall–Kier alpha value is -0.290. The van der Waals surface area contributed by atoms with E-state index in [1.807, 2.05) is 13.8 Å². The van der Waals surface area contributed by atoms with Crippen molar-refractivity contribution in [3.8, 4) is 0 Å². The number of rotatable bonds is 5. The average molecular weight is 280 g/mol. The maximum Gasteiger partial charge on any atom is 0.401 e. The minimum atomic E-state index is -4.12. The van der Waals surface area contributed by atoms with E-state index >= 15 is 0 Å². The largest absolute Gasteiger partial charge is 0.401 e. The van der Waals surface area contributed by atoms with Gasteiger partial charge >= 0.3 is 6.18 Å². The summed E-state index contributed by atoms with van der Waals surface area (Å²) in [5.41, 5.74) is 0.0535. The van der Waals surface area contributed by atoms with Gasteiger partial charge in [0.05, 0.1) is 6.54 Å². The Morgan fingerprint density at radius 1 is 1.26 bits per heavy atom. The molecule has 0 aromatic heterocycles. The highest BCUT2D eigenvalue weighted by Crippen LogP contribution is 2.38. The van der Waals surface area contributed by atoms with Gasteiger partial charge < -0.3 is 5.32 Å². The van der Waals surface area contributed by atoms with Gasteiger partial charge in [-0.2, -0.15) is 13.2 Å². The summed E-state index contributed by atoms with van der Waals surface area (Å²) in [6.45, 7) is 8.60. The van der Waals surface area contributed by atoms with Crippen molar-refractivity contribution in [1.29, 1.82) is 0 Å². The Kier molecular flexibility index (Phi) is 5.68. The van der Waals surface area contributed by atoms with Crippen molar-refractivity contribution < 1.29 is 13.2 Å². The van der Waals surface area contributed by atoms with Crippen LogP contribution in [0, 0.1) is 5.41 Å². The van der Waals surface area contributed by atoms with Crippen LogP contribution in [-0.4, -0.2) is 42.8 Å². The van der Waals surface area contributed by atoms with Crippen molar-refractivity contribution in [1.82, 2.24) is 10.2 Å². The molecule has 1 fully saturated rings. The molecule has 0 spiro atoms. The van der Waals surface area contributed by atoms with Crippen molar-refractivity contribution in [3.63, 3.8) is 0 Å². The first kappa shape index (κ1) is 16.8. The second-order valence-electron chi connectivity index (χ2n) is 6.16. The van der Waals surface area contributed by atoms with Gasteiger partial charge in [0.15, 0.2) is 0 Å². The summed E-state index contributed by atoms with van der Waals surface area (Å²) in [5.74, 6) is 0. The van der Waals surface area contributed by atoms with Crippen LogP contribution in [0.15, 0.2) is 0 Å². The van der Waals surface area contributed by atoms with Crippen molar-refractivity contribution in [2.24, 2.45) is 5.41 Å². The Morgan fingerprint density at radius 2 is 1.89 bits per heavy atom. The van der Waals surface area contributed by atoms with Gasteiger partial charge in [0.1, 0.15) is 0 Å². The Balaban J connectivity index is 2.86. The van der Waals surface area contributed by atoms with E-state index in [1.165, 1.54) is 0 Å². The quantitative estimate of drug-likeness (QED) is 0.830. The second-order valence-corrected chi connectivity index (χ2v) is 6.16. The predicted molar refractivity (Wildman–Crippen MR) is 72.2 cm³/mol. The molecule has 0 radical (unpaired) electrons. The van der Waals surface area contributed by atoms with Gasteiger partial charge in [-0.05, 0) is 31.3 Å². The zero-order valence-corrected chi connectivity index (χ0v) is 12.5. The molecule has 19 heavy (non-hydrogen) atoms. The molecule has 0 bridgehead atoms. The molecule has 0 heterocycles. The average Bonchev–Trinajstić information content (AvgIpc) is 2.27. The molecular weight excluding hydrogens is 253 g/mol. The molecule has 5 heteroatoms. The van der Waals surface area contributed by atoms with Gasteiger partial charge in [0, 0.05) is 12.1 Å². The zero-order valence-electron chi connectivity index (χ0n) is 12.5. The summed E-state index contributed by atoms with van der Waals surface area (Å²) in [6.07, 6.45) is -1.18. The predicted octanol–water partition coefficient (Wildman–Crippen LogP) is 3.43. The number of nitrogens with zero attached hydrogens (tertiary/aromatic N) is 1. The molecule has 1 aliphatic carbocycles. The third-order valence-corrected chi connectivity index (χ3v) is 4.23. The third-order valence-electron chi connectivity index (χ3n) is 4.23. The first-order valence-corrected chi connectivity index (χ1v) is 7.25. The molecule has 1 saturated carbocycles. The topological polar surface area (TPSA) is 15.3 Å². The Bertz CT molecular complexity index is 276. The highest BCUT2D eigenvalue weighted by atomic mass is 19.4. The lowest BCUT2D eigenvalue weighted by molar-refractivity contribution is -0.155. The van der Waals surface area contributed by atoms with Crippen LogP contribution in [0.5, 0.6) is 0 Å². The van der Waals surface area contributed by atoms with E-state index in [0.29, 0.717) is 6.54 Å². The standard InChI is InChI=1S/C14H27F3N2/c1-5-18-12-11(8-7-9-13(12,3)4)19(6-2)10-14(15,16)17/h11-12,18H,5-10H2,1-4H3. The van der Waals surface area contributed by atoms with Gasteiger partial charge in [0.25, 0.3) is 0 Å². The maximum absolute atomic E-state index is 12.7. The fourth-order valence-electron chi connectivity index (χ4n) is 3.33. The van der Waals surface area contributed by atoms with Crippen LogP contribution in [0.2, 0.25) is 0 Å². The summed E-state index contributed by atoms with van der Waals surface area (Å²) in [7, 11) is 0. The fourth-order valence-corrected chi connectivity index (χ4v) is 3.33. The van der Waals surface area contributed by atoms with Crippen LogP contribution in [0.25, 0.3) is 0 Å². The molecular formula is C14H27F3N2. The normalized spacial score (nSPS) is 27.8. The number of hydrogen-bond donors (Lipinski definition) is 1. The monoisotopic (exact) mass is 280 g/mol. The third kappa shape index (κ3) is 4.63. The lowest BCUT2D eigenvalue weighted by Gasteiger charge is -2.48. The molecule has 0 aromatic carbocycles. The van der Waals surface area contributed by atoms with Crippen LogP contribution in [0.3, 0.4) is 0 Å². The summed E-state index contributed by atoms with van der Waals surface area (Å²) in [4.78, 5) is 1.59. The molecule has 0 saturated heterocycles. The molecule has 2 unspecified atom stereocenters. The van der Waals surface area contributed by atoms with Gasteiger partial charge in [-0.3, -0.25) is 4.90 Å². The zero-order chi connectivity index (χ0) is 14.7. The number of alkyl halides is 3. The molecule has 0 amide bonds. The highest BCUT2D eigenvalue weighted by molar-refractivity contribution is 4.98. The van der Waals surface area contributed by atoms with Crippen LogP contribution in [-0.2, 0) is 0 Å². The molecule has 1 rings (SSSR count). The number of likely N-dealkylation sites (N-methyl/N-ethyl adjacent to an activating group) is 2. The van der Waals surface area contributed by atoms with Crippen LogP contribution >= 0.6 is 0 Å². The van der Waals surface area contributed by atoms with E-state index < -0.39 is 12.7 Å². The number of halogens is 3. The fraction of sp³-hybridized carbons (Fsp3) is 1.00. The SMILES string of the molecule is CCNC1C(N(CC)CC(F)(F)F)CCCC1(C)C. The van der Waals surface area contributed by atoms with Crippen molar-refractivity contribution in [2.75, 3.05) is 19.6 Å². The van der Waals surface area contributed by atoms with Crippen LogP contribution in [0.4, 0.5) is 13.2 Å². The van der Waals surface area contributed by atoms with E-state index in [-0.39, 0.29) is 17.5 Å². The van der Waals surface area contributed by atoms with Crippen LogP contribution < -0.4 is 5.32 Å². The lowest BCUT2D eigenvalue weighted by Crippen LogP contribution is -2.60. The van der Waals surface area contributed by atoms with Gasteiger partial charge in [-0.1, -0.05) is 34.1 Å². The van der Waals surface area contributed by atoms with E-state index in [1.54, 1.807) is 4.90 Å². The summed E-state index contributed by atoms with van der Waals surface area (Å²) >= 11 is 0. The van der Waals surface area contributed by atoms with Crippen molar-refractivity contribution >= 4 is 0 Å². The smallest absolute Gasteiger partial charge is 0.312 e. The molecule has 1 aliphatic rings. The van der Waals surface area contributed by atoms with Gasteiger partial charge in [-0.15, -0.1) is 0 Å². The Labute approximate surface area is 114 Å². The molecule has 0 aliphatic heterocycles. The molecule has 2 atom stereocenters. The minimum Gasteiger partial charge on any atom is -0.312 e. The summed E-state index contributed by atoms with van der Waals surface area (Å²) in [6, 6.07) is 0.115. The first-order valence-electron chi connectivity index (χ1n) is 7.25. The number of nitrogens with one attached hydrogen (secondary N) is 1. The summed E-state index contributed by atoms with van der Waals surface area (Å²) < 4.78 is 38.1. The van der Waals surface area contributed by atoms with Crippen LogP contribution in [0.1, 0.15) is 47.0 Å². The lowest BCUT2D eigenvalue weighted by atomic mass is 9.70. The van der Waals surface area contributed by atoms with Gasteiger partial charge in [-0.25, -0.2) is 0 Å². The minimum absolute atomic E-state index is 0.0182. The maximum atomic E-state index is 12.7. The van der Waals surface area contributed by atoms with Crippen molar-refractivity contribution in [3.05, 3.63) is 0 Å². The highest BCUT2D eigenvalue weighted by Gasteiger charge is 2.43. The second kappa shape index (κ2) is 6.44. The van der Waals surface area contributed by atoms with Crippen molar-refractivity contribution in [2.45, 2.75) is 65.2 Å². The molecule has 2 nitrogen and oxygen atoms in total. The van der Waals surface area contributed by atoms with E-state index in [4.69, 9.17) is 0 Å². The van der Waals surface area contributed by atoms with Gasteiger partial charge in [0.2, 0.25) is 0 Å². The number of hydrogen-bond acceptors (Lipinski definition) is 2. The molecule has 114 valence electrons. The van der Waals surface area contributed by atoms with E-state index in [0.717, 1.165) is 25.8 Å². The summed E-state index contributed by atoms with van der Waals surface area (Å²) in [5, 5.41) is 3.42. The first-order chi connectivity index (χ1) is 8.71. The van der Waals surface area contributed by atoms with E-state index in [9.17, 15) is 13.2 Å². The van der Waals surface area contributed by atoms with E-state index in [2.05, 4.69) is 19.2 Å². The molecule has 1 N–H and O–H groups in total.